The molecule has 104 valence electrons. The van der Waals surface area contributed by atoms with Crippen LogP contribution in [-0.4, -0.2) is 17.9 Å². The maximum Gasteiger partial charge on any atom is 0.270 e. The zero-order valence-corrected chi connectivity index (χ0v) is 12.1. The molecule has 2 aromatic rings. The lowest BCUT2D eigenvalue weighted by Gasteiger charge is -2.15. The molecule has 0 bridgehead atoms. The van der Waals surface area contributed by atoms with E-state index < -0.39 is 0 Å². The molecule has 0 aliphatic carbocycles. The van der Waals surface area contributed by atoms with Crippen molar-refractivity contribution in [2.75, 3.05) is 12.4 Å². The summed E-state index contributed by atoms with van der Waals surface area (Å²) in [4.78, 5) is 16.4. The topological polar surface area (TPSA) is 54.0 Å². The van der Waals surface area contributed by atoms with Crippen molar-refractivity contribution in [1.29, 1.82) is 0 Å². The van der Waals surface area contributed by atoms with Gasteiger partial charge in [0.15, 0.2) is 0 Å². The minimum absolute atomic E-state index is 0.184. The molecule has 0 radical (unpaired) electrons. The number of pyridine rings is 1. The summed E-state index contributed by atoms with van der Waals surface area (Å²) >= 11 is 6.12. The van der Waals surface area contributed by atoms with E-state index in [4.69, 9.17) is 11.6 Å². The van der Waals surface area contributed by atoms with Crippen LogP contribution in [0.4, 0.5) is 5.82 Å². The number of hydrogen-bond donors (Lipinski definition) is 2. The Bertz CT molecular complexity index is 616. The zero-order valence-electron chi connectivity index (χ0n) is 11.4. The van der Waals surface area contributed by atoms with E-state index in [0.29, 0.717) is 16.5 Å². The monoisotopic (exact) mass is 289 g/mol. The van der Waals surface area contributed by atoms with Crippen LogP contribution in [0.25, 0.3) is 0 Å². The van der Waals surface area contributed by atoms with Gasteiger partial charge in [0.1, 0.15) is 11.5 Å². The summed E-state index contributed by atoms with van der Waals surface area (Å²) in [5.41, 5.74) is 1.25. The first-order valence-electron chi connectivity index (χ1n) is 6.32. The summed E-state index contributed by atoms with van der Waals surface area (Å²) in [5, 5.41) is 6.43. The summed E-state index contributed by atoms with van der Waals surface area (Å²) < 4.78 is 0. The summed E-state index contributed by atoms with van der Waals surface area (Å²) in [5.74, 6) is 0.428. The summed E-state index contributed by atoms with van der Waals surface area (Å²) in [7, 11) is 1.76. The molecule has 0 fully saturated rings. The van der Waals surface area contributed by atoms with Crippen LogP contribution in [0.2, 0.25) is 5.02 Å². The molecular weight excluding hydrogens is 274 g/mol. The Balaban J connectivity index is 2.13. The van der Waals surface area contributed by atoms with Crippen LogP contribution >= 0.6 is 11.6 Å². The van der Waals surface area contributed by atoms with Gasteiger partial charge in [-0.05, 0) is 30.7 Å². The lowest BCUT2D eigenvalue weighted by atomic mass is 10.1. The van der Waals surface area contributed by atoms with Gasteiger partial charge in [0.25, 0.3) is 5.91 Å². The minimum Gasteiger partial charge on any atom is -0.373 e. The number of benzene rings is 1. The Hall–Kier alpha value is -2.07. The van der Waals surface area contributed by atoms with Crippen LogP contribution in [0.5, 0.6) is 0 Å². The number of amides is 1. The van der Waals surface area contributed by atoms with Crippen molar-refractivity contribution in [2.45, 2.75) is 13.0 Å². The van der Waals surface area contributed by atoms with Crippen LogP contribution < -0.4 is 10.6 Å². The van der Waals surface area contributed by atoms with E-state index in [9.17, 15) is 4.79 Å². The molecule has 1 aromatic carbocycles. The number of aromatic nitrogens is 1. The third kappa shape index (κ3) is 3.27. The van der Waals surface area contributed by atoms with Crippen LogP contribution in [0.15, 0.2) is 42.5 Å². The summed E-state index contributed by atoms with van der Waals surface area (Å²) in [6, 6.07) is 12.5. The number of rotatable bonds is 4. The first kappa shape index (κ1) is 14.3. The molecule has 5 heteroatoms. The van der Waals surface area contributed by atoms with Crippen molar-refractivity contribution < 1.29 is 4.79 Å². The third-order valence-corrected chi connectivity index (χ3v) is 3.30. The predicted molar refractivity (Wildman–Crippen MR) is 81.1 cm³/mol. The molecule has 4 nitrogen and oxygen atoms in total. The number of anilines is 1. The molecule has 1 aromatic heterocycles. The highest BCUT2D eigenvalue weighted by molar-refractivity contribution is 6.31. The maximum absolute atomic E-state index is 12.2. The van der Waals surface area contributed by atoms with Gasteiger partial charge in [-0.1, -0.05) is 35.9 Å². The number of carbonyl (C=O) groups excluding carboxylic acids is 1. The van der Waals surface area contributed by atoms with Crippen molar-refractivity contribution >= 4 is 23.3 Å². The fraction of sp³-hybridized carbons (Fsp3) is 0.200. The highest BCUT2D eigenvalue weighted by Crippen LogP contribution is 2.22. The number of halogens is 1. The smallest absolute Gasteiger partial charge is 0.270 e. The Morgan fingerprint density at radius 2 is 1.95 bits per heavy atom. The number of nitrogens with one attached hydrogen (secondary N) is 2. The van der Waals surface area contributed by atoms with Crippen LogP contribution in [0.1, 0.15) is 29.0 Å². The Morgan fingerprint density at radius 3 is 2.65 bits per heavy atom. The second-order valence-corrected chi connectivity index (χ2v) is 4.78. The molecule has 2 rings (SSSR count). The first-order valence-corrected chi connectivity index (χ1v) is 6.69. The van der Waals surface area contributed by atoms with Gasteiger partial charge >= 0.3 is 0 Å². The maximum atomic E-state index is 12.2. The lowest BCUT2D eigenvalue weighted by molar-refractivity contribution is 0.0935. The molecule has 1 atom stereocenters. The summed E-state index contributed by atoms with van der Waals surface area (Å²) in [6.45, 7) is 1.89. The fourth-order valence-corrected chi connectivity index (χ4v) is 2.17. The lowest BCUT2D eigenvalue weighted by Crippen LogP contribution is -2.27. The molecule has 0 aliphatic rings. The molecule has 1 amide bonds. The normalized spacial score (nSPS) is 11.8. The Kier molecular flexibility index (Phi) is 4.58. The van der Waals surface area contributed by atoms with E-state index in [1.165, 1.54) is 0 Å². The van der Waals surface area contributed by atoms with E-state index >= 15 is 0 Å². The van der Waals surface area contributed by atoms with Crippen LogP contribution in [-0.2, 0) is 0 Å². The first-order chi connectivity index (χ1) is 9.61. The highest BCUT2D eigenvalue weighted by atomic mass is 35.5. The van der Waals surface area contributed by atoms with Gasteiger partial charge in [-0.15, -0.1) is 0 Å². The quantitative estimate of drug-likeness (QED) is 0.908. The van der Waals surface area contributed by atoms with Gasteiger partial charge < -0.3 is 10.6 Å². The van der Waals surface area contributed by atoms with E-state index in [1.807, 2.05) is 25.1 Å². The third-order valence-electron chi connectivity index (χ3n) is 2.96. The van der Waals surface area contributed by atoms with Gasteiger partial charge in [0, 0.05) is 12.1 Å². The molecule has 0 aliphatic heterocycles. The van der Waals surface area contributed by atoms with Crippen molar-refractivity contribution in [1.82, 2.24) is 10.3 Å². The van der Waals surface area contributed by atoms with Gasteiger partial charge in [0.2, 0.25) is 0 Å². The van der Waals surface area contributed by atoms with Crippen LogP contribution in [0.3, 0.4) is 0 Å². The Labute approximate surface area is 123 Å². The van der Waals surface area contributed by atoms with Gasteiger partial charge in [-0.3, -0.25) is 4.79 Å². The average Bonchev–Trinajstić information content (AvgIpc) is 2.47. The predicted octanol–water partition coefficient (Wildman–Crippen LogP) is 3.27. The second kappa shape index (κ2) is 6.39. The molecule has 20 heavy (non-hydrogen) atoms. The average molecular weight is 290 g/mol. The van der Waals surface area contributed by atoms with Crippen molar-refractivity contribution in [3.63, 3.8) is 0 Å². The SMILES string of the molecule is CNc1cccc(C(=O)NC(C)c2ccccc2Cl)n1. The molecule has 0 saturated heterocycles. The zero-order chi connectivity index (χ0) is 14.5. The van der Waals surface area contributed by atoms with Crippen molar-refractivity contribution in [3.05, 3.63) is 58.7 Å². The molecular formula is C15H16ClN3O. The second-order valence-electron chi connectivity index (χ2n) is 4.37. The number of nitrogens with zero attached hydrogens (tertiary/aromatic N) is 1. The van der Waals surface area contributed by atoms with E-state index in [2.05, 4.69) is 15.6 Å². The molecule has 1 heterocycles. The van der Waals surface area contributed by atoms with E-state index in [0.717, 1.165) is 5.56 Å². The highest BCUT2D eigenvalue weighted by Gasteiger charge is 2.14. The van der Waals surface area contributed by atoms with Crippen molar-refractivity contribution in [3.8, 4) is 0 Å². The number of carbonyl (C=O) groups is 1. The van der Waals surface area contributed by atoms with Gasteiger partial charge in [0.05, 0.1) is 6.04 Å². The van der Waals surface area contributed by atoms with E-state index in [1.54, 1.807) is 31.3 Å². The van der Waals surface area contributed by atoms with E-state index in [-0.39, 0.29) is 11.9 Å². The fourth-order valence-electron chi connectivity index (χ4n) is 1.88. The molecule has 2 N–H and O–H groups in total. The van der Waals surface area contributed by atoms with Gasteiger partial charge in [-0.2, -0.15) is 0 Å². The summed E-state index contributed by atoms with van der Waals surface area (Å²) in [6.07, 6.45) is 0. The number of hydrogen-bond acceptors (Lipinski definition) is 3. The molecule has 0 saturated carbocycles. The largest absolute Gasteiger partial charge is 0.373 e. The molecule has 0 spiro atoms. The Morgan fingerprint density at radius 1 is 1.20 bits per heavy atom. The van der Waals surface area contributed by atoms with Crippen LogP contribution in [0, 0.1) is 0 Å². The molecule has 1 unspecified atom stereocenters. The standard InChI is InChI=1S/C15H16ClN3O/c1-10(11-6-3-4-7-12(11)16)18-15(20)13-8-5-9-14(17-2)19-13/h3-10H,1-2H3,(H,17,19)(H,18,20). The van der Waals surface area contributed by atoms with Crippen molar-refractivity contribution in [2.24, 2.45) is 0 Å². The minimum atomic E-state index is -0.227. The van der Waals surface area contributed by atoms with Gasteiger partial charge in [-0.25, -0.2) is 4.98 Å².